The number of piperazine rings is 1. The van der Waals surface area contributed by atoms with Crippen molar-refractivity contribution in [3.05, 3.63) is 40.6 Å². The summed E-state index contributed by atoms with van der Waals surface area (Å²) < 4.78 is 16.7. The van der Waals surface area contributed by atoms with Crippen molar-refractivity contribution in [2.45, 2.75) is 0 Å². The molecule has 0 saturated carbocycles. The van der Waals surface area contributed by atoms with Gasteiger partial charge in [-0.15, -0.1) is 0 Å². The number of ether oxygens (including phenoxy) is 2. The second-order valence-electron chi connectivity index (χ2n) is 6.60. The van der Waals surface area contributed by atoms with E-state index in [9.17, 15) is 4.79 Å². The lowest BCUT2D eigenvalue weighted by Gasteiger charge is -2.34. The number of hydrogen-bond donors (Lipinski definition) is 0. The van der Waals surface area contributed by atoms with Crippen LogP contribution in [-0.4, -0.2) is 52.3 Å². The molecule has 26 heavy (non-hydrogen) atoms. The Morgan fingerprint density at radius 3 is 2.42 bits per heavy atom. The number of fused-ring (bicyclic) bond motifs is 2. The first-order chi connectivity index (χ1) is 12.6. The van der Waals surface area contributed by atoms with Gasteiger partial charge >= 0.3 is 0 Å². The molecule has 1 fully saturated rings. The van der Waals surface area contributed by atoms with E-state index in [1.165, 1.54) is 0 Å². The van der Waals surface area contributed by atoms with E-state index in [1.807, 2.05) is 18.2 Å². The van der Waals surface area contributed by atoms with Crippen LogP contribution in [0.3, 0.4) is 0 Å². The van der Waals surface area contributed by atoms with E-state index in [2.05, 4.69) is 16.8 Å². The summed E-state index contributed by atoms with van der Waals surface area (Å²) in [6.45, 7) is 3.92. The van der Waals surface area contributed by atoms with Crippen molar-refractivity contribution in [1.29, 1.82) is 0 Å². The number of methoxy groups -OCH3 is 2. The second kappa shape index (κ2) is 6.53. The minimum atomic E-state index is -0.0864. The van der Waals surface area contributed by atoms with Crippen molar-refractivity contribution in [1.82, 2.24) is 4.90 Å². The van der Waals surface area contributed by atoms with Gasteiger partial charge in [0.05, 0.1) is 19.6 Å². The number of hydrogen-bond acceptors (Lipinski definition) is 6. The van der Waals surface area contributed by atoms with E-state index in [0.29, 0.717) is 33.4 Å². The lowest BCUT2D eigenvalue weighted by atomic mass is 10.1. The SMILES string of the molecule is COc1cc(OC)c2c(=O)c3cc(N4CCN(C)CC4)ccc3oc2c1. The van der Waals surface area contributed by atoms with Crippen molar-refractivity contribution in [3.8, 4) is 11.5 Å². The Morgan fingerprint density at radius 1 is 0.962 bits per heavy atom. The van der Waals surface area contributed by atoms with Crippen molar-refractivity contribution in [3.63, 3.8) is 0 Å². The third-order valence-corrected chi connectivity index (χ3v) is 5.02. The van der Waals surface area contributed by atoms with E-state index in [-0.39, 0.29) is 5.43 Å². The highest BCUT2D eigenvalue weighted by Crippen LogP contribution is 2.32. The quantitative estimate of drug-likeness (QED) is 0.674. The zero-order valence-corrected chi connectivity index (χ0v) is 15.2. The Labute approximate surface area is 151 Å². The van der Waals surface area contributed by atoms with E-state index in [4.69, 9.17) is 13.9 Å². The molecule has 136 valence electrons. The lowest BCUT2D eigenvalue weighted by molar-refractivity contribution is 0.313. The Hall–Kier alpha value is -2.73. The summed E-state index contributed by atoms with van der Waals surface area (Å²) >= 11 is 0. The topological polar surface area (TPSA) is 55.2 Å². The highest BCUT2D eigenvalue weighted by atomic mass is 16.5. The Bertz CT molecular complexity index is 1020. The third kappa shape index (κ3) is 2.76. The van der Waals surface area contributed by atoms with Crippen LogP contribution in [0.1, 0.15) is 0 Å². The molecule has 0 spiro atoms. The van der Waals surface area contributed by atoms with Crippen LogP contribution in [0.4, 0.5) is 5.69 Å². The summed E-state index contributed by atoms with van der Waals surface area (Å²) in [6, 6.07) is 9.23. The monoisotopic (exact) mass is 354 g/mol. The Balaban J connectivity index is 1.89. The van der Waals surface area contributed by atoms with Gasteiger partial charge in [0.25, 0.3) is 0 Å². The maximum absolute atomic E-state index is 13.1. The molecule has 1 aromatic heterocycles. The molecular formula is C20H22N2O4. The van der Waals surface area contributed by atoms with Gasteiger partial charge < -0.3 is 23.7 Å². The smallest absolute Gasteiger partial charge is 0.204 e. The maximum Gasteiger partial charge on any atom is 0.204 e. The second-order valence-corrected chi connectivity index (χ2v) is 6.60. The van der Waals surface area contributed by atoms with Crippen molar-refractivity contribution in [2.24, 2.45) is 0 Å². The zero-order chi connectivity index (χ0) is 18.3. The molecule has 6 heteroatoms. The van der Waals surface area contributed by atoms with Gasteiger partial charge in [-0.25, -0.2) is 0 Å². The Morgan fingerprint density at radius 2 is 1.73 bits per heavy atom. The first-order valence-corrected chi connectivity index (χ1v) is 8.67. The summed E-state index contributed by atoms with van der Waals surface area (Å²) in [5.74, 6) is 1.05. The fraction of sp³-hybridized carbons (Fsp3) is 0.350. The van der Waals surface area contributed by atoms with Gasteiger partial charge in [-0.2, -0.15) is 0 Å². The van der Waals surface area contributed by atoms with Crippen LogP contribution in [-0.2, 0) is 0 Å². The molecule has 2 heterocycles. The van der Waals surface area contributed by atoms with Gasteiger partial charge in [0.2, 0.25) is 5.43 Å². The molecule has 6 nitrogen and oxygen atoms in total. The van der Waals surface area contributed by atoms with Crippen molar-refractivity contribution in [2.75, 3.05) is 52.3 Å². The van der Waals surface area contributed by atoms with Crippen LogP contribution in [0.5, 0.6) is 11.5 Å². The van der Waals surface area contributed by atoms with E-state index >= 15 is 0 Å². The molecule has 0 radical (unpaired) electrons. The summed E-state index contributed by atoms with van der Waals surface area (Å²) in [5, 5.41) is 1.01. The Kier molecular flexibility index (Phi) is 4.20. The van der Waals surface area contributed by atoms with Gasteiger partial charge in [0.1, 0.15) is 28.1 Å². The van der Waals surface area contributed by atoms with Gasteiger partial charge in [0, 0.05) is 44.0 Å². The predicted molar refractivity (Wildman–Crippen MR) is 103 cm³/mol. The third-order valence-electron chi connectivity index (χ3n) is 5.02. The van der Waals surface area contributed by atoms with Crippen LogP contribution in [0.25, 0.3) is 21.9 Å². The van der Waals surface area contributed by atoms with Gasteiger partial charge in [0.15, 0.2) is 0 Å². The van der Waals surface area contributed by atoms with Crippen LogP contribution in [0, 0.1) is 0 Å². The number of likely N-dealkylation sites (N-methyl/N-ethyl adjacent to an activating group) is 1. The molecular weight excluding hydrogens is 332 g/mol. The molecule has 1 saturated heterocycles. The molecule has 0 amide bonds. The van der Waals surface area contributed by atoms with Crippen LogP contribution >= 0.6 is 0 Å². The molecule has 0 atom stereocenters. The number of anilines is 1. The highest BCUT2D eigenvalue weighted by molar-refractivity contribution is 5.95. The van der Waals surface area contributed by atoms with Crippen molar-refractivity contribution >= 4 is 27.6 Å². The first kappa shape index (κ1) is 16.7. The van der Waals surface area contributed by atoms with Crippen LogP contribution in [0.2, 0.25) is 0 Å². The summed E-state index contributed by atoms with van der Waals surface area (Å²) in [7, 11) is 5.24. The minimum Gasteiger partial charge on any atom is -0.496 e. The molecule has 1 aliphatic rings. The minimum absolute atomic E-state index is 0.0864. The highest BCUT2D eigenvalue weighted by Gasteiger charge is 2.18. The summed E-state index contributed by atoms with van der Waals surface area (Å²) in [5.41, 5.74) is 1.99. The molecule has 3 aromatic rings. The predicted octanol–water partition coefficient (Wildman–Crippen LogP) is 2.72. The van der Waals surface area contributed by atoms with Crippen LogP contribution < -0.4 is 19.8 Å². The lowest BCUT2D eigenvalue weighted by Crippen LogP contribution is -2.44. The van der Waals surface area contributed by atoms with E-state index < -0.39 is 0 Å². The molecule has 0 N–H and O–H groups in total. The number of rotatable bonds is 3. The maximum atomic E-state index is 13.1. The van der Waals surface area contributed by atoms with E-state index in [0.717, 1.165) is 31.9 Å². The molecule has 1 aliphatic heterocycles. The van der Waals surface area contributed by atoms with Crippen molar-refractivity contribution < 1.29 is 13.9 Å². The molecule has 0 aliphatic carbocycles. The standard InChI is InChI=1S/C20H22N2O4/c1-21-6-8-22(9-7-21)13-4-5-16-15(10-13)20(23)19-17(25-3)11-14(24-2)12-18(19)26-16/h4-5,10-12H,6-9H2,1-3H3. The fourth-order valence-electron chi connectivity index (χ4n) is 3.45. The molecule has 0 unspecified atom stereocenters. The molecule has 2 aromatic carbocycles. The number of nitrogens with zero attached hydrogens (tertiary/aromatic N) is 2. The zero-order valence-electron chi connectivity index (χ0n) is 15.2. The molecule has 4 rings (SSSR count). The average Bonchev–Trinajstić information content (AvgIpc) is 2.67. The first-order valence-electron chi connectivity index (χ1n) is 8.67. The summed E-state index contributed by atoms with van der Waals surface area (Å²) in [4.78, 5) is 17.7. The number of benzene rings is 2. The van der Waals surface area contributed by atoms with Gasteiger partial charge in [-0.1, -0.05) is 0 Å². The van der Waals surface area contributed by atoms with Gasteiger partial charge in [-0.05, 0) is 25.2 Å². The summed E-state index contributed by atoms with van der Waals surface area (Å²) in [6.07, 6.45) is 0. The van der Waals surface area contributed by atoms with E-state index in [1.54, 1.807) is 26.4 Å². The largest absolute Gasteiger partial charge is 0.496 e. The normalized spacial score (nSPS) is 15.6. The average molecular weight is 354 g/mol. The fourth-order valence-corrected chi connectivity index (χ4v) is 3.45. The van der Waals surface area contributed by atoms with Crippen LogP contribution in [0.15, 0.2) is 39.5 Å². The molecule has 0 bridgehead atoms. The van der Waals surface area contributed by atoms with Gasteiger partial charge in [-0.3, -0.25) is 4.79 Å².